The van der Waals surface area contributed by atoms with Gasteiger partial charge in [0.1, 0.15) is 0 Å². The first-order chi connectivity index (χ1) is 8.69. The highest BCUT2D eigenvalue weighted by Crippen LogP contribution is 2.22. The first-order valence-corrected chi connectivity index (χ1v) is 6.36. The van der Waals surface area contributed by atoms with E-state index in [4.69, 9.17) is 10.9 Å². The van der Waals surface area contributed by atoms with Crippen LogP contribution >= 0.6 is 11.8 Å². The van der Waals surface area contributed by atoms with Gasteiger partial charge < -0.3 is 10.9 Å². The van der Waals surface area contributed by atoms with Crippen LogP contribution in [0, 0.1) is 0 Å². The van der Waals surface area contributed by atoms with Crippen LogP contribution in [-0.2, 0) is 12.8 Å². The van der Waals surface area contributed by atoms with E-state index in [0.717, 1.165) is 21.8 Å². The lowest BCUT2D eigenvalue weighted by molar-refractivity contribution is 0.318. The minimum absolute atomic E-state index is 0.128. The molecule has 0 aliphatic rings. The van der Waals surface area contributed by atoms with Gasteiger partial charge in [0.15, 0.2) is 5.84 Å². The Labute approximate surface area is 109 Å². The molecule has 0 spiro atoms. The third-order valence-corrected chi connectivity index (χ3v) is 3.44. The summed E-state index contributed by atoms with van der Waals surface area (Å²) in [6.45, 7) is 0. The van der Waals surface area contributed by atoms with Gasteiger partial charge in [-0.25, -0.2) is 0 Å². The number of nitrogens with zero attached hydrogens (tertiary/aromatic N) is 3. The number of thioether (sulfide) groups is 1. The van der Waals surface area contributed by atoms with Crippen molar-refractivity contribution in [1.29, 1.82) is 0 Å². The number of aromatic nitrogens is 2. The summed E-state index contributed by atoms with van der Waals surface area (Å²) in [6, 6.07) is 7.63. The van der Waals surface area contributed by atoms with Gasteiger partial charge in [-0.3, -0.25) is 4.68 Å². The number of benzene rings is 1. The van der Waals surface area contributed by atoms with Gasteiger partial charge in [-0.1, -0.05) is 23.4 Å². The Bertz CT molecular complexity index is 565. The zero-order chi connectivity index (χ0) is 13.0. The molecule has 1 aromatic heterocycles. The van der Waals surface area contributed by atoms with Gasteiger partial charge >= 0.3 is 0 Å². The summed E-state index contributed by atoms with van der Waals surface area (Å²) in [5.74, 6) is 0.946. The Kier molecular flexibility index (Phi) is 3.88. The zero-order valence-electron chi connectivity index (χ0n) is 9.95. The SMILES string of the molecule is Cn1cc(SCc2cccc(C(N)=NO)c2)cn1. The van der Waals surface area contributed by atoms with E-state index in [9.17, 15) is 0 Å². The van der Waals surface area contributed by atoms with E-state index in [1.54, 1.807) is 16.4 Å². The highest BCUT2D eigenvalue weighted by Gasteiger charge is 2.02. The lowest BCUT2D eigenvalue weighted by Gasteiger charge is -2.03. The monoisotopic (exact) mass is 262 g/mol. The number of oxime groups is 1. The Balaban J connectivity index is 2.05. The van der Waals surface area contributed by atoms with E-state index in [2.05, 4.69) is 10.3 Å². The van der Waals surface area contributed by atoms with Crippen molar-refractivity contribution < 1.29 is 5.21 Å². The van der Waals surface area contributed by atoms with Crippen LogP contribution in [-0.4, -0.2) is 20.8 Å². The van der Waals surface area contributed by atoms with Crippen LogP contribution in [0.2, 0.25) is 0 Å². The molecule has 0 bridgehead atoms. The molecule has 5 nitrogen and oxygen atoms in total. The minimum atomic E-state index is 0.128. The molecule has 0 aliphatic heterocycles. The van der Waals surface area contributed by atoms with Gasteiger partial charge in [0.2, 0.25) is 0 Å². The van der Waals surface area contributed by atoms with E-state index >= 15 is 0 Å². The van der Waals surface area contributed by atoms with Crippen LogP contribution in [0.15, 0.2) is 46.7 Å². The van der Waals surface area contributed by atoms with Crippen LogP contribution < -0.4 is 5.73 Å². The average Bonchev–Trinajstić information content (AvgIpc) is 2.81. The molecule has 0 atom stereocenters. The van der Waals surface area contributed by atoms with Crippen molar-refractivity contribution >= 4 is 17.6 Å². The van der Waals surface area contributed by atoms with Crippen LogP contribution in [0.3, 0.4) is 0 Å². The van der Waals surface area contributed by atoms with Crippen molar-refractivity contribution in [3.05, 3.63) is 47.8 Å². The summed E-state index contributed by atoms with van der Waals surface area (Å²) in [5, 5.41) is 15.7. The summed E-state index contributed by atoms with van der Waals surface area (Å²) in [5.41, 5.74) is 7.40. The molecule has 0 saturated heterocycles. The van der Waals surface area contributed by atoms with E-state index in [1.807, 2.05) is 43.7 Å². The number of aryl methyl sites for hydroxylation is 1. The van der Waals surface area contributed by atoms with Crippen molar-refractivity contribution in [2.45, 2.75) is 10.6 Å². The van der Waals surface area contributed by atoms with Crippen LogP contribution in [0.5, 0.6) is 0 Å². The summed E-state index contributed by atoms with van der Waals surface area (Å²) in [4.78, 5) is 1.12. The predicted molar refractivity (Wildman–Crippen MR) is 71.7 cm³/mol. The molecule has 0 radical (unpaired) electrons. The molecule has 1 aromatic carbocycles. The molecule has 0 fully saturated rings. The summed E-state index contributed by atoms with van der Waals surface area (Å²) >= 11 is 1.70. The lowest BCUT2D eigenvalue weighted by atomic mass is 10.1. The molecular formula is C12H14N4OS. The van der Waals surface area contributed by atoms with Gasteiger partial charge in [0.25, 0.3) is 0 Å². The maximum atomic E-state index is 8.64. The summed E-state index contributed by atoms with van der Waals surface area (Å²) in [6.07, 6.45) is 3.80. The number of nitrogens with two attached hydrogens (primary N) is 1. The quantitative estimate of drug-likeness (QED) is 0.290. The maximum absolute atomic E-state index is 8.64. The van der Waals surface area contributed by atoms with E-state index < -0.39 is 0 Å². The number of hydrogen-bond donors (Lipinski definition) is 2. The predicted octanol–water partition coefficient (Wildman–Crippen LogP) is 1.81. The third-order valence-electron chi connectivity index (χ3n) is 2.42. The Morgan fingerprint density at radius 3 is 3.06 bits per heavy atom. The van der Waals surface area contributed by atoms with E-state index in [-0.39, 0.29) is 5.84 Å². The molecule has 18 heavy (non-hydrogen) atoms. The Hall–Kier alpha value is -1.95. The first-order valence-electron chi connectivity index (χ1n) is 5.37. The molecule has 1 heterocycles. The van der Waals surface area contributed by atoms with Gasteiger partial charge in [-0.05, 0) is 11.6 Å². The zero-order valence-corrected chi connectivity index (χ0v) is 10.8. The van der Waals surface area contributed by atoms with Crippen molar-refractivity contribution in [3.8, 4) is 0 Å². The van der Waals surface area contributed by atoms with Gasteiger partial charge in [-0.15, -0.1) is 11.8 Å². The van der Waals surface area contributed by atoms with Crippen LogP contribution in [0.1, 0.15) is 11.1 Å². The maximum Gasteiger partial charge on any atom is 0.170 e. The van der Waals surface area contributed by atoms with Crippen molar-refractivity contribution in [2.24, 2.45) is 17.9 Å². The standard InChI is InChI=1S/C12H14N4OS/c1-16-7-11(6-14-16)18-8-9-3-2-4-10(5-9)12(13)15-17/h2-7,17H,8H2,1H3,(H2,13,15). The third kappa shape index (κ3) is 3.04. The fourth-order valence-electron chi connectivity index (χ4n) is 1.52. The number of rotatable bonds is 4. The second-order valence-electron chi connectivity index (χ2n) is 3.82. The Morgan fingerprint density at radius 2 is 2.39 bits per heavy atom. The molecule has 94 valence electrons. The summed E-state index contributed by atoms with van der Waals surface area (Å²) < 4.78 is 1.77. The molecule has 0 amide bonds. The molecule has 2 rings (SSSR count). The summed E-state index contributed by atoms with van der Waals surface area (Å²) in [7, 11) is 1.89. The number of amidine groups is 1. The van der Waals surface area contributed by atoms with Crippen molar-refractivity contribution in [2.75, 3.05) is 0 Å². The lowest BCUT2D eigenvalue weighted by Crippen LogP contribution is -2.13. The Morgan fingerprint density at radius 1 is 1.56 bits per heavy atom. The van der Waals surface area contributed by atoms with Gasteiger partial charge in [0, 0.05) is 29.5 Å². The molecule has 2 aromatic rings. The molecule has 3 N–H and O–H groups in total. The van der Waals surface area contributed by atoms with Gasteiger partial charge in [0.05, 0.1) is 6.20 Å². The van der Waals surface area contributed by atoms with Crippen LogP contribution in [0.25, 0.3) is 0 Å². The fourth-order valence-corrected chi connectivity index (χ4v) is 2.38. The first kappa shape index (κ1) is 12.5. The highest BCUT2D eigenvalue weighted by atomic mass is 32.2. The largest absolute Gasteiger partial charge is 0.409 e. The average molecular weight is 262 g/mol. The van der Waals surface area contributed by atoms with Crippen molar-refractivity contribution in [1.82, 2.24) is 9.78 Å². The molecule has 6 heteroatoms. The normalized spacial score (nSPS) is 11.7. The highest BCUT2D eigenvalue weighted by molar-refractivity contribution is 7.98. The smallest absolute Gasteiger partial charge is 0.170 e. The second kappa shape index (κ2) is 5.59. The topological polar surface area (TPSA) is 76.4 Å². The fraction of sp³-hybridized carbons (Fsp3) is 0.167. The number of hydrogen-bond acceptors (Lipinski definition) is 4. The second-order valence-corrected chi connectivity index (χ2v) is 4.87. The van der Waals surface area contributed by atoms with Crippen molar-refractivity contribution in [3.63, 3.8) is 0 Å². The molecule has 0 saturated carbocycles. The van der Waals surface area contributed by atoms with Gasteiger partial charge in [-0.2, -0.15) is 5.10 Å². The molecular weight excluding hydrogens is 248 g/mol. The minimum Gasteiger partial charge on any atom is -0.409 e. The van der Waals surface area contributed by atoms with Crippen LogP contribution in [0.4, 0.5) is 0 Å². The van der Waals surface area contributed by atoms with E-state index in [0.29, 0.717) is 0 Å². The van der Waals surface area contributed by atoms with E-state index in [1.165, 1.54) is 0 Å². The molecule has 0 aliphatic carbocycles. The molecule has 0 unspecified atom stereocenters.